The van der Waals surface area contributed by atoms with Crippen LogP contribution in [0.5, 0.6) is 11.5 Å². The molecule has 1 N–H and O–H groups in total. The van der Waals surface area contributed by atoms with Gasteiger partial charge in [0.05, 0.1) is 31.4 Å². The summed E-state index contributed by atoms with van der Waals surface area (Å²) in [5, 5.41) is 11.6. The maximum absolute atomic E-state index is 13.4. The van der Waals surface area contributed by atoms with Gasteiger partial charge in [0.1, 0.15) is 17.3 Å². The number of hydrogen-bond donors (Lipinski definition) is 1. The zero-order valence-corrected chi connectivity index (χ0v) is 21.7. The van der Waals surface area contributed by atoms with Gasteiger partial charge in [-0.05, 0) is 73.6 Å². The lowest BCUT2D eigenvalue weighted by molar-refractivity contribution is -0.140. The zero-order chi connectivity index (χ0) is 26.0. The van der Waals surface area contributed by atoms with Crippen LogP contribution in [0.15, 0.2) is 42.0 Å². The molecule has 4 rings (SSSR count). The molecule has 0 radical (unpaired) electrons. The zero-order valence-electron chi connectivity index (χ0n) is 21.7. The van der Waals surface area contributed by atoms with Crippen LogP contribution in [0, 0.1) is 6.92 Å². The van der Waals surface area contributed by atoms with Gasteiger partial charge in [-0.15, -0.1) is 0 Å². The van der Waals surface area contributed by atoms with E-state index in [-0.39, 0.29) is 29.9 Å². The van der Waals surface area contributed by atoms with Gasteiger partial charge >= 0.3 is 0 Å². The molecule has 2 fully saturated rings. The summed E-state index contributed by atoms with van der Waals surface area (Å²) < 4.78 is 16.9. The Morgan fingerprint density at radius 2 is 1.92 bits per heavy atom. The van der Waals surface area contributed by atoms with E-state index in [9.17, 15) is 14.7 Å². The minimum Gasteiger partial charge on any atom is -0.507 e. The van der Waals surface area contributed by atoms with E-state index >= 15 is 0 Å². The first kappa shape index (κ1) is 25.8. The minimum atomic E-state index is -0.728. The number of carbonyl (C=O) groups is 2. The lowest BCUT2D eigenvalue weighted by Gasteiger charge is -2.27. The molecular formula is C29H35NO6. The van der Waals surface area contributed by atoms with Crippen LogP contribution in [0.1, 0.15) is 67.8 Å². The van der Waals surface area contributed by atoms with Crippen LogP contribution in [0.4, 0.5) is 0 Å². The van der Waals surface area contributed by atoms with Crippen molar-refractivity contribution in [3.05, 3.63) is 64.2 Å². The Morgan fingerprint density at radius 1 is 1.19 bits per heavy atom. The molecular weight excluding hydrogens is 458 g/mol. The normalized spacial score (nSPS) is 21.4. The highest BCUT2D eigenvalue weighted by atomic mass is 16.5. The van der Waals surface area contributed by atoms with Crippen molar-refractivity contribution in [1.29, 1.82) is 0 Å². The van der Waals surface area contributed by atoms with Crippen molar-refractivity contribution in [3.8, 4) is 11.5 Å². The smallest absolute Gasteiger partial charge is 0.295 e. The number of aliphatic hydroxyl groups excluding tert-OH is 1. The Morgan fingerprint density at radius 3 is 2.50 bits per heavy atom. The predicted octanol–water partition coefficient (Wildman–Crippen LogP) is 5.13. The van der Waals surface area contributed by atoms with Crippen LogP contribution in [0.2, 0.25) is 0 Å². The Labute approximate surface area is 212 Å². The number of hydrogen-bond acceptors (Lipinski definition) is 6. The average molecular weight is 494 g/mol. The third kappa shape index (κ3) is 4.85. The molecule has 2 heterocycles. The summed E-state index contributed by atoms with van der Waals surface area (Å²) in [4.78, 5) is 28.2. The Bertz CT molecular complexity index is 1160. The summed E-state index contributed by atoms with van der Waals surface area (Å²) in [6.07, 6.45) is 1.61. The molecule has 0 saturated carbocycles. The lowest BCUT2D eigenvalue weighted by Crippen LogP contribution is -2.36. The van der Waals surface area contributed by atoms with Crippen molar-refractivity contribution in [3.63, 3.8) is 0 Å². The number of aliphatic hydroxyl groups is 1. The molecule has 2 aliphatic heterocycles. The van der Waals surface area contributed by atoms with E-state index in [1.807, 2.05) is 64.1 Å². The predicted molar refractivity (Wildman–Crippen MR) is 137 cm³/mol. The lowest BCUT2D eigenvalue weighted by atomic mass is 9.91. The maximum atomic E-state index is 13.4. The van der Waals surface area contributed by atoms with Crippen molar-refractivity contribution in [2.24, 2.45) is 0 Å². The third-order valence-electron chi connectivity index (χ3n) is 6.92. The molecule has 2 saturated heterocycles. The molecule has 7 nitrogen and oxygen atoms in total. The van der Waals surface area contributed by atoms with Crippen molar-refractivity contribution >= 4 is 17.4 Å². The number of Topliss-reactive ketones (excluding diaryl/α,β-unsaturated/α-hetero) is 1. The number of ketones is 1. The molecule has 2 aliphatic rings. The van der Waals surface area contributed by atoms with Gasteiger partial charge in [-0.3, -0.25) is 9.59 Å². The monoisotopic (exact) mass is 493 g/mol. The van der Waals surface area contributed by atoms with E-state index in [0.717, 1.165) is 35.3 Å². The number of carbonyl (C=O) groups excluding carboxylic acids is 2. The number of rotatable bonds is 8. The first-order chi connectivity index (χ1) is 17.3. The van der Waals surface area contributed by atoms with Crippen molar-refractivity contribution < 1.29 is 28.9 Å². The van der Waals surface area contributed by atoms with Gasteiger partial charge in [0.2, 0.25) is 0 Å². The molecule has 7 heteroatoms. The topological polar surface area (TPSA) is 85.3 Å². The van der Waals surface area contributed by atoms with E-state index in [2.05, 4.69) is 0 Å². The average Bonchev–Trinajstić information content (AvgIpc) is 3.46. The quantitative estimate of drug-likeness (QED) is 0.312. The number of likely N-dealkylation sites (tertiary alicyclic amines) is 1. The van der Waals surface area contributed by atoms with E-state index in [1.54, 1.807) is 12.0 Å². The molecule has 1 amide bonds. The second kappa shape index (κ2) is 10.7. The highest BCUT2D eigenvalue weighted by molar-refractivity contribution is 6.46. The molecule has 0 spiro atoms. The SMILES string of the molecule is CCOc1ccc(C2/C(=C(\O)c3cc(C(C)C)c(OC)cc3C)C(=O)C(=O)N2CC2CCCO2)cc1. The van der Waals surface area contributed by atoms with Crippen LogP contribution in [-0.2, 0) is 14.3 Å². The van der Waals surface area contributed by atoms with Crippen molar-refractivity contribution in [2.75, 3.05) is 26.9 Å². The summed E-state index contributed by atoms with van der Waals surface area (Å²) in [6.45, 7) is 9.31. The molecule has 192 valence electrons. The van der Waals surface area contributed by atoms with Gasteiger partial charge in [0.25, 0.3) is 11.7 Å². The van der Waals surface area contributed by atoms with Gasteiger partial charge in [0, 0.05) is 18.7 Å². The van der Waals surface area contributed by atoms with Crippen LogP contribution in [-0.4, -0.2) is 54.7 Å². The first-order valence-electron chi connectivity index (χ1n) is 12.6. The third-order valence-corrected chi connectivity index (χ3v) is 6.92. The molecule has 36 heavy (non-hydrogen) atoms. The van der Waals surface area contributed by atoms with Crippen LogP contribution in [0.3, 0.4) is 0 Å². The van der Waals surface area contributed by atoms with Gasteiger partial charge in [-0.1, -0.05) is 26.0 Å². The fourth-order valence-electron chi connectivity index (χ4n) is 5.06. The fourth-order valence-corrected chi connectivity index (χ4v) is 5.06. The van der Waals surface area contributed by atoms with Gasteiger partial charge in [0.15, 0.2) is 0 Å². The van der Waals surface area contributed by atoms with Gasteiger partial charge in [-0.25, -0.2) is 0 Å². The van der Waals surface area contributed by atoms with E-state index in [0.29, 0.717) is 24.5 Å². The minimum absolute atomic E-state index is 0.0881. The summed E-state index contributed by atoms with van der Waals surface area (Å²) in [5.74, 6) is 0.0674. The number of benzene rings is 2. The second-order valence-electron chi connectivity index (χ2n) is 9.65. The van der Waals surface area contributed by atoms with E-state index in [4.69, 9.17) is 14.2 Å². The highest BCUT2D eigenvalue weighted by Gasteiger charge is 2.47. The maximum Gasteiger partial charge on any atom is 0.295 e. The van der Waals surface area contributed by atoms with Crippen LogP contribution in [0.25, 0.3) is 5.76 Å². The molecule has 0 aromatic heterocycles. The van der Waals surface area contributed by atoms with E-state index in [1.165, 1.54) is 0 Å². The molecule has 2 aromatic rings. The molecule has 0 aliphatic carbocycles. The molecule has 2 unspecified atom stereocenters. The molecule has 2 aromatic carbocycles. The largest absolute Gasteiger partial charge is 0.507 e. The number of amides is 1. The van der Waals surface area contributed by atoms with Crippen molar-refractivity contribution in [1.82, 2.24) is 4.90 Å². The summed E-state index contributed by atoms with van der Waals surface area (Å²) in [5.41, 5.74) is 3.00. The first-order valence-corrected chi connectivity index (χ1v) is 12.6. The van der Waals surface area contributed by atoms with Crippen LogP contribution < -0.4 is 9.47 Å². The summed E-state index contributed by atoms with van der Waals surface area (Å²) in [7, 11) is 1.61. The van der Waals surface area contributed by atoms with E-state index < -0.39 is 17.7 Å². The number of ether oxygens (including phenoxy) is 3. The highest BCUT2D eigenvalue weighted by Crippen LogP contribution is 2.42. The molecule has 2 atom stereocenters. The number of aryl methyl sites for hydroxylation is 1. The van der Waals surface area contributed by atoms with Crippen LogP contribution >= 0.6 is 0 Å². The Kier molecular flexibility index (Phi) is 7.69. The number of methoxy groups -OCH3 is 1. The second-order valence-corrected chi connectivity index (χ2v) is 9.65. The van der Waals surface area contributed by atoms with Gasteiger partial charge in [-0.2, -0.15) is 0 Å². The Hall–Kier alpha value is -3.32. The summed E-state index contributed by atoms with van der Waals surface area (Å²) >= 11 is 0. The fraction of sp³-hybridized carbons (Fsp3) is 0.448. The van der Waals surface area contributed by atoms with Crippen molar-refractivity contribution in [2.45, 2.75) is 58.6 Å². The molecule has 0 bridgehead atoms. The Balaban J connectivity index is 1.86. The van der Waals surface area contributed by atoms with Gasteiger partial charge < -0.3 is 24.2 Å². The summed E-state index contributed by atoms with van der Waals surface area (Å²) in [6, 6.07) is 10.3. The number of nitrogens with zero attached hydrogens (tertiary/aromatic N) is 1. The standard InChI is InChI=1S/C29H35NO6/c1-6-35-20-11-9-19(10-12-20)26-25(28(32)29(33)30(26)16-21-8-7-13-36-21)27(31)23-15-22(17(2)3)24(34-5)14-18(23)4/h9-12,14-15,17,21,26,31H,6-8,13,16H2,1-5H3/b27-25+.